The number of hydrogen-bond acceptors (Lipinski definition) is 4. The van der Waals surface area contributed by atoms with Gasteiger partial charge in [0, 0.05) is 16.2 Å². The monoisotopic (exact) mass is 307 g/mol. The summed E-state index contributed by atoms with van der Waals surface area (Å²) < 4.78 is 0. The molecule has 0 aliphatic rings. The number of anilines is 1. The van der Waals surface area contributed by atoms with Crippen LogP contribution in [0.15, 0.2) is 41.7 Å². The Morgan fingerprint density at radius 3 is 2.45 bits per heavy atom. The Morgan fingerprint density at radius 1 is 1.15 bits per heavy atom. The third kappa shape index (κ3) is 4.12. The molecule has 0 fully saturated rings. The molecule has 2 rings (SSSR count). The molecule has 5 heteroatoms. The van der Waals surface area contributed by atoms with Gasteiger partial charge < -0.3 is 5.32 Å². The van der Waals surface area contributed by atoms with Gasteiger partial charge in [-0.05, 0) is 24.6 Å². The molecule has 1 unspecified atom stereocenters. The van der Waals surface area contributed by atoms with Gasteiger partial charge in [0.05, 0.1) is 6.20 Å². The summed E-state index contributed by atoms with van der Waals surface area (Å²) in [5.41, 5.74) is 1.20. The number of thioether (sulfide) groups is 1. The zero-order chi connectivity index (χ0) is 14.5. The number of nitrogens with one attached hydrogen (secondary N) is 1. The molecule has 0 bridgehead atoms. The van der Waals surface area contributed by atoms with Crippen molar-refractivity contribution in [3.05, 3.63) is 47.4 Å². The van der Waals surface area contributed by atoms with Crippen LogP contribution in [-0.4, -0.2) is 15.2 Å². The Balaban J connectivity index is 2.06. The molecule has 0 saturated heterocycles. The van der Waals surface area contributed by atoms with Gasteiger partial charge in [-0.25, -0.2) is 9.97 Å². The van der Waals surface area contributed by atoms with E-state index in [4.69, 9.17) is 11.6 Å². The maximum atomic E-state index is 6.05. The van der Waals surface area contributed by atoms with E-state index in [0.29, 0.717) is 16.1 Å². The minimum atomic E-state index is 0.139. The van der Waals surface area contributed by atoms with Gasteiger partial charge in [0.25, 0.3) is 0 Å². The number of benzene rings is 1. The number of halogens is 1. The van der Waals surface area contributed by atoms with E-state index in [1.54, 1.807) is 6.20 Å². The second-order valence-electron chi connectivity index (χ2n) is 4.82. The number of aromatic nitrogens is 2. The number of rotatable bonds is 5. The van der Waals surface area contributed by atoms with Crippen LogP contribution in [0.1, 0.15) is 32.4 Å². The van der Waals surface area contributed by atoms with Crippen LogP contribution in [0.25, 0.3) is 0 Å². The lowest BCUT2D eigenvalue weighted by Crippen LogP contribution is -2.08. The van der Waals surface area contributed by atoms with Crippen LogP contribution >= 0.6 is 23.4 Å². The van der Waals surface area contributed by atoms with E-state index in [2.05, 4.69) is 60.3 Å². The molecule has 0 spiro atoms. The van der Waals surface area contributed by atoms with Gasteiger partial charge in [-0.15, -0.1) is 11.8 Å². The molecule has 1 N–H and O–H groups in total. The van der Waals surface area contributed by atoms with Crippen molar-refractivity contribution < 1.29 is 0 Å². The fraction of sp³-hybridized carbons (Fsp3) is 0.333. The van der Waals surface area contributed by atoms with Crippen molar-refractivity contribution in [2.24, 2.45) is 0 Å². The lowest BCUT2D eigenvalue weighted by atomic mass is 10.1. The first-order chi connectivity index (χ1) is 9.56. The molecule has 106 valence electrons. The zero-order valence-electron chi connectivity index (χ0n) is 11.8. The van der Waals surface area contributed by atoms with E-state index in [0.717, 1.165) is 0 Å². The highest BCUT2D eigenvalue weighted by Crippen LogP contribution is 2.26. The summed E-state index contributed by atoms with van der Waals surface area (Å²) in [6.45, 7) is 6.47. The molecule has 0 aliphatic carbocycles. The Kier molecular flexibility index (Phi) is 5.26. The Bertz CT molecular complexity index is 557. The van der Waals surface area contributed by atoms with Crippen molar-refractivity contribution in [2.75, 3.05) is 5.32 Å². The topological polar surface area (TPSA) is 37.8 Å². The highest BCUT2D eigenvalue weighted by Gasteiger charge is 2.09. The van der Waals surface area contributed by atoms with Crippen LogP contribution in [0.3, 0.4) is 0 Å². The molecule has 0 radical (unpaired) electrons. The van der Waals surface area contributed by atoms with Gasteiger partial charge in [0.15, 0.2) is 0 Å². The SMILES string of the molecule is CC(C)Sc1ccc(C(C)Nc2ncncc2Cl)cc1. The largest absolute Gasteiger partial charge is 0.362 e. The van der Waals surface area contributed by atoms with E-state index >= 15 is 0 Å². The van der Waals surface area contributed by atoms with E-state index in [1.165, 1.54) is 16.8 Å². The Labute approximate surface area is 129 Å². The lowest BCUT2D eigenvalue weighted by molar-refractivity contribution is 0.870. The molecule has 1 atom stereocenters. The molecule has 0 aliphatic heterocycles. The van der Waals surface area contributed by atoms with E-state index in [-0.39, 0.29) is 6.04 Å². The van der Waals surface area contributed by atoms with Crippen molar-refractivity contribution in [1.29, 1.82) is 0 Å². The van der Waals surface area contributed by atoms with Crippen molar-refractivity contribution in [3.63, 3.8) is 0 Å². The van der Waals surface area contributed by atoms with Gasteiger partial charge in [-0.3, -0.25) is 0 Å². The summed E-state index contributed by atoms with van der Waals surface area (Å²) >= 11 is 7.91. The molecule has 2 aromatic rings. The van der Waals surface area contributed by atoms with Gasteiger partial charge in [0.2, 0.25) is 0 Å². The molecule has 20 heavy (non-hydrogen) atoms. The van der Waals surface area contributed by atoms with Gasteiger partial charge in [-0.2, -0.15) is 0 Å². The van der Waals surface area contributed by atoms with Crippen LogP contribution in [-0.2, 0) is 0 Å². The molecule has 0 saturated carbocycles. The quantitative estimate of drug-likeness (QED) is 0.805. The summed E-state index contributed by atoms with van der Waals surface area (Å²) in [6.07, 6.45) is 3.08. The summed E-state index contributed by atoms with van der Waals surface area (Å²) in [5.74, 6) is 0.662. The molecule has 1 heterocycles. The molecular formula is C15H18ClN3S. The van der Waals surface area contributed by atoms with Crippen molar-refractivity contribution >= 4 is 29.2 Å². The number of hydrogen-bond donors (Lipinski definition) is 1. The first-order valence-electron chi connectivity index (χ1n) is 6.55. The van der Waals surface area contributed by atoms with Gasteiger partial charge in [0.1, 0.15) is 17.2 Å². The highest BCUT2D eigenvalue weighted by molar-refractivity contribution is 7.99. The van der Waals surface area contributed by atoms with Crippen LogP contribution < -0.4 is 5.32 Å². The fourth-order valence-corrected chi connectivity index (χ4v) is 2.81. The van der Waals surface area contributed by atoms with Crippen molar-refractivity contribution in [2.45, 2.75) is 37.0 Å². The first-order valence-corrected chi connectivity index (χ1v) is 7.80. The van der Waals surface area contributed by atoms with Gasteiger partial charge >= 0.3 is 0 Å². The maximum absolute atomic E-state index is 6.05. The summed E-state index contributed by atoms with van der Waals surface area (Å²) in [7, 11) is 0. The van der Waals surface area contributed by atoms with Crippen LogP contribution in [0.2, 0.25) is 5.02 Å². The smallest absolute Gasteiger partial charge is 0.148 e. The molecule has 1 aromatic heterocycles. The average molecular weight is 308 g/mol. The lowest BCUT2D eigenvalue weighted by Gasteiger charge is -2.16. The normalized spacial score (nSPS) is 12.4. The Hall–Kier alpha value is -1.26. The van der Waals surface area contributed by atoms with Crippen LogP contribution in [0.5, 0.6) is 0 Å². The second kappa shape index (κ2) is 6.95. The maximum Gasteiger partial charge on any atom is 0.148 e. The number of nitrogens with zero attached hydrogens (tertiary/aromatic N) is 2. The van der Waals surface area contributed by atoms with Crippen molar-refractivity contribution in [3.8, 4) is 0 Å². The average Bonchev–Trinajstić information content (AvgIpc) is 2.41. The van der Waals surface area contributed by atoms with Crippen molar-refractivity contribution in [1.82, 2.24) is 9.97 Å². The summed E-state index contributed by atoms with van der Waals surface area (Å²) in [6, 6.07) is 8.72. The van der Waals surface area contributed by atoms with E-state index in [1.807, 2.05) is 11.8 Å². The molecular weight excluding hydrogens is 290 g/mol. The molecule has 0 amide bonds. The standard InChI is InChI=1S/C15H18ClN3S/c1-10(2)20-13-6-4-12(5-7-13)11(3)19-15-14(16)8-17-9-18-15/h4-11H,1-3H3,(H,17,18,19). The fourth-order valence-electron chi connectivity index (χ4n) is 1.81. The minimum absolute atomic E-state index is 0.139. The minimum Gasteiger partial charge on any atom is -0.362 e. The first kappa shape index (κ1) is 15.1. The molecule has 1 aromatic carbocycles. The second-order valence-corrected chi connectivity index (χ2v) is 6.88. The van der Waals surface area contributed by atoms with E-state index in [9.17, 15) is 0 Å². The zero-order valence-corrected chi connectivity index (χ0v) is 13.4. The van der Waals surface area contributed by atoms with E-state index < -0.39 is 0 Å². The van der Waals surface area contributed by atoms with Crippen LogP contribution in [0, 0.1) is 0 Å². The van der Waals surface area contributed by atoms with Crippen LogP contribution in [0.4, 0.5) is 5.82 Å². The third-order valence-electron chi connectivity index (χ3n) is 2.77. The third-order valence-corrected chi connectivity index (χ3v) is 4.07. The molecule has 3 nitrogen and oxygen atoms in total. The Morgan fingerprint density at radius 2 is 1.85 bits per heavy atom. The predicted octanol–water partition coefficient (Wildman–Crippen LogP) is 4.80. The van der Waals surface area contributed by atoms with Gasteiger partial charge in [-0.1, -0.05) is 37.6 Å². The predicted molar refractivity (Wildman–Crippen MR) is 86.5 cm³/mol. The summed E-state index contributed by atoms with van der Waals surface area (Å²) in [4.78, 5) is 9.31. The summed E-state index contributed by atoms with van der Waals surface area (Å²) in [5, 5.41) is 4.42. The highest BCUT2D eigenvalue weighted by atomic mass is 35.5.